The number of aliphatic carboxylic acids is 1. The molecule has 0 spiro atoms. The number of carboxylic acid groups (broad SMARTS) is 1. The fourth-order valence-electron chi connectivity index (χ4n) is 3.58. The zero-order valence-electron chi connectivity index (χ0n) is 17.9. The Bertz CT molecular complexity index is 980. The van der Waals surface area contributed by atoms with Crippen LogP contribution in [0.3, 0.4) is 0 Å². The molecule has 0 saturated heterocycles. The largest absolute Gasteiger partial charge is 0.481 e. The summed E-state index contributed by atoms with van der Waals surface area (Å²) in [6, 6.07) is 6.83. The van der Waals surface area contributed by atoms with Gasteiger partial charge in [-0.2, -0.15) is 0 Å². The monoisotopic (exact) mass is 425 g/mol. The number of allylic oxidation sites excluding steroid dienone is 5. The Labute approximate surface area is 181 Å². The summed E-state index contributed by atoms with van der Waals surface area (Å²) in [4.78, 5) is 35.8. The predicted octanol–water partition coefficient (Wildman–Crippen LogP) is 4.10. The van der Waals surface area contributed by atoms with Crippen LogP contribution in [-0.4, -0.2) is 41.4 Å². The van der Waals surface area contributed by atoms with Crippen LogP contribution in [0.4, 0.5) is 4.79 Å². The van der Waals surface area contributed by atoms with E-state index in [9.17, 15) is 14.4 Å². The summed E-state index contributed by atoms with van der Waals surface area (Å²) in [6.07, 6.45) is 5.90. The van der Waals surface area contributed by atoms with Crippen LogP contribution in [0.2, 0.25) is 0 Å². The van der Waals surface area contributed by atoms with Gasteiger partial charge in [0.1, 0.15) is 18.2 Å². The zero-order chi connectivity index (χ0) is 22.6. The molecule has 0 heterocycles. The zero-order valence-corrected chi connectivity index (χ0v) is 17.9. The molecule has 0 saturated carbocycles. The minimum Gasteiger partial charge on any atom is -0.481 e. The molecule has 7 heteroatoms. The molecule has 31 heavy (non-hydrogen) atoms. The van der Waals surface area contributed by atoms with Crippen LogP contribution in [0.1, 0.15) is 51.2 Å². The first-order valence-electron chi connectivity index (χ1n) is 10.2. The molecular weight excluding hydrogens is 398 g/mol. The van der Waals surface area contributed by atoms with Gasteiger partial charge in [0.15, 0.2) is 0 Å². The molecule has 1 aromatic carbocycles. The number of ether oxygens (including phenoxy) is 2. The number of carboxylic acids is 1. The smallest absolute Gasteiger partial charge is 0.408 e. The van der Waals surface area contributed by atoms with Crippen LogP contribution >= 0.6 is 0 Å². The molecule has 7 nitrogen and oxygen atoms in total. The molecule has 0 aromatic heterocycles. The van der Waals surface area contributed by atoms with E-state index in [1.807, 2.05) is 30.3 Å². The minimum atomic E-state index is -1.11. The molecule has 1 aromatic rings. The highest BCUT2D eigenvalue weighted by Gasteiger charge is 2.29. The Kier molecular flexibility index (Phi) is 6.63. The third-order valence-corrected chi connectivity index (χ3v) is 4.88. The van der Waals surface area contributed by atoms with Gasteiger partial charge in [-0.15, -0.1) is 0 Å². The maximum Gasteiger partial charge on any atom is 0.408 e. The topological polar surface area (TPSA) is 102 Å². The van der Waals surface area contributed by atoms with Gasteiger partial charge in [-0.1, -0.05) is 42.5 Å². The molecule has 2 aliphatic carbocycles. The summed E-state index contributed by atoms with van der Waals surface area (Å²) in [5.41, 5.74) is 4.40. The second-order valence-electron chi connectivity index (χ2n) is 8.43. The summed E-state index contributed by atoms with van der Waals surface area (Å²) in [7, 11) is 0. The lowest BCUT2D eigenvalue weighted by Crippen LogP contribution is -2.44. The Hall–Kier alpha value is -3.35. The van der Waals surface area contributed by atoms with Crippen molar-refractivity contribution in [3.05, 3.63) is 59.2 Å². The molecule has 0 aliphatic heterocycles. The maximum atomic E-state index is 12.5. The lowest BCUT2D eigenvalue weighted by Gasteiger charge is -2.24. The number of carbonyl (C=O) groups excluding carboxylic acids is 2. The lowest BCUT2D eigenvalue weighted by molar-refractivity contribution is -0.157. The molecule has 0 bridgehead atoms. The summed E-state index contributed by atoms with van der Waals surface area (Å²) in [5.74, 6) is -1.76. The number of hydrogen-bond acceptors (Lipinski definition) is 5. The minimum absolute atomic E-state index is 0.0276. The van der Waals surface area contributed by atoms with E-state index in [0.29, 0.717) is 0 Å². The second kappa shape index (κ2) is 9.20. The van der Waals surface area contributed by atoms with Gasteiger partial charge in [-0.3, -0.25) is 4.79 Å². The fourth-order valence-corrected chi connectivity index (χ4v) is 3.58. The first-order valence-corrected chi connectivity index (χ1v) is 10.2. The van der Waals surface area contributed by atoms with E-state index in [1.165, 1.54) is 0 Å². The molecule has 1 atom stereocenters. The second-order valence-corrected chi connectivity index (χ2v) is 8.43. The molecule has 0 radical (unpaired) electrons. The summed E-state index contributed by atoms with van der Waals surface area (Å²) in [6.45, 7) is 5.13. The third-order valence-electron chi connectivity index (χ3n) is 4.88. The lowest BCUT2D eigenvalue weighted by atomic mass is 9.98. The molecule has 3 rings (SSSR count). The quantitative estimate of drug-likeness (QED) is 0.638. The molecule has 1 amide bonds. The predicted molar refractivity (Wildman–Crippen MR) is 116 cm³/mol. The van der Waals surface area contributed by atoms with Crippen molar-refractivity contribution in [3.8, 4) is 0 Å². The number of nitrogens with one attached hydrogen (secondary N) is 1. The molecular formula is C24H27NO6. The highest BCUT2D eigenvalue weighted by molar-refractivity contribution is 6.03. The molecule has 1 unspecified atom stereocenters. The van der Waals surface area contributed by atoms with Gasteiger partial charge in [-0.25, -0.2) is 9.59 Å². The molecule has 164 valence electrons. The van der Waals surface area contributed by atoms with Crippen molar-refractivity contribution < 1.29 is 29.0 Å². The van der Waals surface area contributed by atoms with Crippen LogP contribution < -0.4 is 5.32 Å². The van der Waals surface area contributed by atoms with Gasteiger partial charge < -0.3 is 19.9 Å². The van der Waals surface area contributed by atoms with Gasteiger partial charge in [0.25, 0.3) is 0 Å². The van der Waals surface area contributed by atoms with E-state index in [2.05, 4.69) is 17.5 Å². The SMILES string of the molecule is CC(C)(C)OC(=O)C(CCC(=O)O)NC(=O)OCC1=C2C=CCC=C2c2ccccc21. The number of hydrogen-bond donors (Lipinski definition) is 2. The molecule has 0 fully saturated rings. The van der Waals surface area contributed by atoms with E-state index in [0.717, 1.165) is 34.3 Å². The van der Waals surface area contributed by atoms with Crippen LogP contribution in [-0.2, 0) is 19.1 Å². The highest BCUT2D eigenvalue weighted by Crippen LogP contribution is 2.43. The third kappa shape index (κ3) is 5.63. The number of benzene rings is 1. The first kappa shape index (κ1) is 22.3. The van der Waals surface area contributed by atoms with Gasteiger partial charge >= 0.3 is 18.0 Å². The van der Waals surface area contributed by atoms with E-state index >= 15 is 0 Å². The number of carbonyl (C=O) groups is 3. The highest BCUT2D eigenvalue weighted by atomic mass is 16.6. The van der Waals surface area contributed by atoms with Gasteiger partial charge in [0.05, 0.1) is 0 Å². The normalized spacial score (nSPS) is 15.5. The molecule has 2 aliphatic rings. The van der Waals surface area contributed by atoms with E-state index in [1.54, 1.807) is 20.8 Å². The van der Waals surface area contributed by atoms with E-state index < -0.39 is 29.7 Å². The Morgan fingerprint density at radius 1 is 1.16 bits per heavy atom. The number of amides is 1. The van der Waals surface area contributed by atoms with E-state index in [-0.39, 0.29) is 19.4 Å². The van der Waals surface area contributed by atoms with E-state index in [4.69, 9.17) is 14.6 Å². The van der Waals surface area contributed by atoms with Crippen molar-refractivity contribution in [2.75, 3.05) is 6.61 Å². The van der Waals surface area contributed by atoms with Crippen molar-refractivity contribution in [2.24, 2.45) is 0 Å². The fraction of sp³-hybridized carbons (Fsp3) is 0.375. The van der Waals surface area contributed by atoms with Crippen molar-refractivity contribution in [1.82, 2.24) is 5.32 Å². The molecule has 2 N–H and O–H groups in total. The summed E-state index contributed by atoms with van der Waals surface area (Å²) < 4.78 is 10.7. The maximum absolute atomic E-state index is 12.5. The number of fused-ring (bicyclic) bond motifs is 3. The van der Waals surface area contributed by atoms with Crippen molar-refractivity contribution >= 4 is 29.2 Å². The van der Waals surface area contributed by atoms with Gasteiger partial charge in [0.2, 0.25) is 0 Å². The van der Waals surface area contributed by atoms with Crippen LogP contribution in [0, 0.1) is 0 Å². The van der Waals surface area contributed by atoms with Crippen molar-refractivity contribution in [3.63, 3.8) is 0 Å². The number of alkyl carbamates (subject to hydrolysis) is 1. The Balaban J connectivity index is 1.69. The van der Waals surface area contributed by atoms with Crippen LogP contribution in [0.5, 0.6) is 0 Å². The first-order chi connectivity index (χ1) is 14.7. The van der Waals surface area contributed by atoms with Gasteiger partial charge in [0, 0.05) is 12.0 Å². The number of esters is 1. The summed E-state index contributed by atoms with van der Waals surface area (Å²) in [5, 5.41) is 11.4. The summed E-state index contributed by atoms with van der Waals surface area (Å²) >= 11 is 0. The van der Waals surface area contributed by atoms with Crippen LogP contribution in [0.15, 0.2) is 48.1 Å². The average Bonchev–Trinajstić information content (AvgIpc) is 3.02. The van der Waals surface area contributed by atoms with Gasteiger partial charge in [-0.05, 0) is 55.9 Å². The Morgan fingerprint density at radius 3 is 2.55 bits per heavy atom. The van der Waals surface area contributed by atoms with Crippen molar-refractivity contribution in [1.29, 1.82) is 0 Å². The van der Waals surface area contributed by atoms with Crippen LogP contribution in [0.25, 0.3) is 11.1 Å². The number of rotatable bonds is 7. The van der Waals surface area contributed by atoms with Crippen molar-refractivity contribution in [2.45, 2.75) is 51.7 Å². The standard InChI is InChI=1S/C24H27NO6/c1-24(2,3)31-22(28)20(12-13-21(26)27)25-23(29)30-14-19-17-10-6-4-8-15(17)16-9-5-7-11-18(16)19/h4,6-11,20H,5,12-14H2,1-3H3,(H,25,29)(H,26,27). The Morgan fingerprint density at radius 2 is 1.87 bits per heavy atom. The average molecular weight is 425 g/mol.